The molecule has 0 aliphatic carbocycles. The molecule has 0 saturated carbocycles. The molecule has 10 heavy (non-hydrogen) atoms. The van der Waals surface area contributed by atoms with E-state index >= 15 is 0 Å². The summed E-state index contributed by atoms with van der Waals surface area (Å²) < 4.78 is 9.66. The molecule has 0 bridgehead atoms. The van der Waals surface area contributed by atoms with Crippen LogP contribution in [0.5, 0.6) is 0 Å². The van der Waals surface area contributed by atoms with Crippen molar-refractivity contribution in [3.63, 3.8) is 0 Å². The van der Waals surface area contributed by atoms with E-state index in [1.807, 2.05) is 0 Å². The van der Waals surface area contributed by atoms with E-state index in [0.29, 0.717) is 19.8 Å². The predicted octanol–water partition coefficient (Wildman–Crippen LogP) is 1.30. The van der Waals surface area contributed by atoms with Crippen molar-refractivity contribution in [3.05, 3.63) is 0 Å². The molecule has 58 valence electrons. The molecule has 0 spiro atoms. The molecule has 0 rings (SSSR count). The van der Waals surface area contributed by atoms with Gasteiger partial charge in [0, 0.05) is 20.1 Å². The Hall–Kier alpha value is -0.590. The summed E-state index contributed by atoms with van der Waals surface area (Å²) in [7, 11) is 1.59. The Labute approximate surface area is 61.5 Å². The molecule has 3 nitrogen and oxygen atoms in total. The zero-order chi connectivity index (χ0) is 7.66. The van der Waals surface area contributed by atoms with Crippen molar-refractivity contribution in [1.82, 2.24) is 0 Å². The third-order valence-corrected chi connectivity index (χ3v) is 1.03. The molecule has 0 saturated heterocycles. The summed E-state index contributed by atoms with van der Waals surface area (Å²) in [6, 6.07) is 2.07. The predicted molar refractivity (Wildman–Crippen MR) is 37.3 cm³/mol. The molecule has 0 aliphatic heterocycles. The highest BCUT2D eigenvalue weighted by atomic mass is 16.7. The summed E-state index contributed by atoms with van der Waals surface area (Å²) in [5.74, 6) is 0. The van der Waals surface area contributed by atoms with Crippen LogP contribution in [0.1, 0.15) is 19.3 Å². The standard InChI is InChI=1S/C7H13NO2/c1-9-7-10-6-4-2-3-5-8/h2-4,6-7H2,1H3. The van der Waals surface area contributed by atoms with Crippen molar-refractivity contribution in [3.8, 4) is 6.07 Å². The van der Waals surface area contributed by atoms with Crippen LogP contribution in [0, 0.1) is 11.3 Å². The maximum atomic E-state index is 8.15. The first-order chi connectivity index (χ1) is 4.91. The molecule has 0 aliphatic rings. The molecule has 0 fully saturated rings. The highest BCUT2D eigenvalue weighted by Crippen LogP contribution is 1.93. The van der Waals surface area contributed by atoms with Gasteiger partial charge >= 0.3 is 0 Å². The molecule has 0 N–H and O–H groups in total. The Balaban J connectivity index is 2.72. The molecule has 0 amide bonds. The van der Waals surface area contributed by atoms with Gasteiger partial charge < -0.3 is 9.47 Å². The lowest BCUT2D eigenvalue weighted by Crippen LogP contribution is -1.97. The molecule has 0 aromatic rings. The highest BCUT2D eigenvalue weighted by molar-refractivity contribution is 4.67. The van der Waals surface area contributed by atoms with E-state index in [9.17, 15) is 0 Å². The fourth-order valence-corrected chi connectivity index (χ4v) is 0.550. The maximum Gasteiger partial charge on any atom is 0.146 e. The van der Waals surface area contributed by atoms with E-state index in [4.69, 9.17) is 10.00 Å². The fraction of sp³-hybridized carbons (Fsp3) is 0.857. The third kappa shape index (κ3) is 7.41. The Morgan fingerprint density at radius 1 is 1.40 bits per heavy atom. The van der Waals surface area contributed by atoms with Crippen LogP contribution in [-0.2, 0) is 9.47 Å². The molecule has 0 radical (unpaired) electrons. The number of methoxy groups -OCH3 is 1. The lowest BCUT2D eigenvalue weighted by atomic mass is 10.3. The van der Waals surface area contributed by atoms with Gasteiger partial charge in [-0.05, 0) is 12.8 Å². The zero-order valence-electron chi connectivity index (χ0n) is 6.30. The van der Waals surface area contributed by atoms with Crippen molar-refractivity contribution in [1.29, 1.82) is 5.26 Å². The summed E-state index contributed by atoms with van der Waals surface area (Å²) >= 11 is 0. The van der Waals surface area contributed by atoms with Gasteiger partial charge in [-0.25, -0.2) is 0 Å². The molecule has 3 heteroatoms. The zero-order valence-corrected chi connectivity index (χ0v) is 6.30. The summed E-state index contributed by atoms with van der Waals surface area (Å²) in [6.07, 6.45) is 2.48. The lowest BCUT2D eigenvalue weighted by molar-refractivity contribution is -0.0313. The van der Waals surface area contributed by atoms with E-state index in [1.54, 1.807) is 7.11 Å². The van der Waals surface area contributed by atoms with Crippen molar-refractivity contribution in [2.45, 2.75) is 19.3 Å². The molecule has 0 atom stereocenters. The summed E-state index contributed by atoms with van der Waals surface area (Å²) in [4.78, 5) is 0. The van der Waals surface area contributed by atoms with Crippen LogP contribution in [-0.4, -0.2) is 20.5 Å². The number of hydrogen-bond acceptors (Lipinski definition) is 3. The quantitative estimate of drug-likeness (QED) is 0.415. The second-order valence-corrected chi connectivity index (χ2v) is 1.93. The van der Waals surface area contributed by atoms with E-state index in [1.165, 1.54) is 0 Å². The summed E-state index contributed by atoms with van der Waals surface area (Å²) in [6.45, 7) is 1.04. The van der Waals surface area contributed by atoms with E-state index in [-0.39, 0.29) is 0 Å². The number of nitriles is 1. The average Bonchev–Trinajstić information content (AvgIpc) is 1.97. The van der Waals surface area contributed by atoms with E-state index in [0.717, 1.165) is 12.8 Å². The van der Waals surface area contributed by atoms with Crippen molar-refractivity contribution < 1.29 is 9.47 Å². The monoisotopic (exact) mass is 143 g/mol. The Bertz CT molecular complexity index is 98.3. The minimum atomic E-state index is 0.354. The lowest BCUT2D eigenvalue weighted by Gasteiger charge is -1.99. The summed E-state index contributed by atoms with van der Waals surface area (Å²) in [5.41, 5.74) is 0. The largest absolute Gasteiger partial charge is 0.359 e. The number of rotatable bonds is 6. The first-order valence-electron chi connectivity index (χ1n) is 3.35. The molecular weight excluding hydrogens is 130 g/mol. The van der Waals surface area contributed by atoms with Crippen LogP contribution >= 0.6 is 0 Å². The van der Waals surface area contributed by atoms with Gasteiger partial charge in [0.15, 0.2) is 0 Å². The van der Waals surface area contributed by atoms with Gasteiger partial charge in [0.1, 0.15) is 6.79 Å². The van der Waals surface area contributed by atoms with Crippen molar-refractivity contribution in [2.75, 3.05) is 20.5 Å². The highest BCUT2D eigenvalue weighted by Gasteiger charge is 1.86. The SMILES string of the molecule is COCOCCCCC#N. The van der Waals surface area contributed by atoms with Crippen molar-refractivity contribution >= 4 is 0 Å². The fourth-order valence-electron chi connectivity index (χ4n) is 0.550. The van der Waals surface area contributed by atoms with Crippen LogP contribution in [0.4, 0.5) is 0 Å². The maximum absolute atomic E-state index is 8.15. The van der Waals surface area contributed by atoms with Gasteiger partial charge in [0.2, 0.25) is 0 Å². The van der Waals surface area contributed by atoms with Gasteiger partial charge in [-0.15, -0.1) is 0 Å². The molecule has 0 aromatic heterocycles. The van der Waals surface area contributed by atoms with Gasteiger partial charge in [0.25, 0.3) is 0 Å². The van der Waals surface area contributed by atoms with Crippen LogP contribution in [0.25, 0.3) is 0 Å². The molecule has 0 unspecified atom stereocenters. The van der Waals surface area contributed by atoms with Crippen LogP contribution in [0.3, 0.4) is 0 Å². The number of ether oxygens (including phenoxy) is 2. The Morgan fingerprint density at radius 3 is 2.80 bits per heavy atom. The number of hydrogen-bond donors (Lipinski definition) is 0. The molecule has 0 aromatic carbocycles. The van der Waals surface area contributed by atoms with Crippen LogP contribution in [0.2, 0.25) is 0 Å². The van der Waals surface area contributed by atoms with E-state index in [2.05, 4.69) is 10.8 Å². The topological polar surface area (TPSA) is 42.2 Å². The second kappa shape index (κ2) is 8.41. The number of nitrogens with zero attached hydrogens (tertiary/aromatic N) is 1. The third-order valence-electron chi connectivity index (χ3n) is 1.03. The summed E-state index contributed by atoms with van der Waals surface area (Å²) in [5, 5.41) is 8.15. The van der Waals surface area contributed by atoms with Gasteiger partial charge in [-0.1, -0.05) is 0 Å². The van der Waals surface area contributed by atoms with Gasteiger partial charge in [0.05, 0.1) is 6.07 Å². The Morgan fingerprint density at radius 2 is 2.20 bits per heavy atom. The average molecular weight is 143 g/mol. The molecular formula is C7H13NO2. The van der Waals surface area contributed by atoms with Crippen LogP contribution < -0.4 is 0 Å². The van der Waals surface area contributed by atoms with Crippen LogP contribution in [0.15, 0.2) is 0 Å². The first kappa shape index (κ1) is 9.41. The smallest absolute Gasteiger partial charge is 0.146 e. The minimum absolute atomic E-state index is 0.354. The second-order valence-electron chi connectivity index (χ2n) is 1.93. The first-order valence-corrected chi connectivity index (χ1v) is 3.35. The van der Waals surface area contributed by atoms with Gasteiger partial charge in [-0.2, -0.15) is 5.26 Å². The molecule has 0 heterocycles. The van der Waals surface area contributed by atoms with E-state index < -0.39 is 0 Å². The number of unbranched alkanes of at least 4 members (excludes halogenated alkanes) is 2. The van der Waals surface area contributed by atoms with Crippen molar-refractivity contribution in [2.24, 2.45) is 0 Å². The minimum Gasteiger partial charge on any atom is -0.359 e. The Kier molecular flexibility index (Phi) is 7.91. The normalized spacial score (nSPS) is 9.20. The van der Waals surface area contributed by atoms with Gasteiger partial charge in [-0.3, -0.25) is 0 Å².